The van der Waals surface area contributed by atoms with Gasteiger partial charge in [-0.1, -0.05) is 50.2 Å². The molecule has 0 aliphatic rings. The van der Waals surface area contributed by atoms with Gasteiger partial charge in [0.25, 0.3) is 0 Å². The minimum atomic E-state index is 0.532. The van der Waals surface area contributed by atoms with E-state index in [2.05, 4.69) is 53.3 Å². The van der Waals surface area contributed by atoms with Crippen LogP contribution in [-0.2, 0) is 6.61 Å². The maximum absolute atomic E-state index is 6.15. The molecule has 0 saturated heterocycles. The summed E-state index contributed by atoms with van der Waals surface area (Å²) < 4.78 is 5.95. The average Bonchev–Trinajstić information content (AvgIpc) is 3.15. The zero-order chi connectivity index (χ0) is 20.2. The van der Waals surface area contributed by atoms with Crippen LogP contribution in [0, 0.1) is 0 Å². The van der Waals surface area contributed by atoms with Crippen LogP contribution in [0.3, 0.4) is 0 Å². The lowest BCUT2D eigenvalue weighted by Gasteiger charge is -2.10. The third-order valence-electron chi connectivity index (χ3n) is 4.94. The van der Waals surface area contributed by atoms with Crippen molar-refractivity contribution < 1.29 is 4.74 Å². The number of aromatic amines is 1. The molecule has 0 atom stereocenters. The van der Waals surface area contributed by atoms with E-state index in [-0.39, 0.29) is 0 Å². The molecule has 3 N–H and O–H groups in total. The van der Waals surface area contributed by atoms with Crippen molar-refractivity contribution in [1.29, 1.82) is 0 Å². The highest BCUT2D eigenvalue weighted by atomic mass is 16.5. The van der Waals surface area contributed by atoms with Gasteiger partial charge in [0, 0.05) is 18.0 Å². The van der Waals surface area contributed by atoms with Gasteiger partial charge in [0.2, 0.25) is 0 Å². The molecule has 146 valence electrons. The number of rotatable bonds is 6. The molecule has 0 saturated carbocycles. The molecular weight excluding hydrogens is 360 g/mol. The predicted molar refractivity (Wildman–Crippen MR) is 117 cm³/mol. The van der Waals surface area contributed by atoms with E-state index < -0.39 is 0 Å². The molecule has 0 bridgehead atoms. The molecule has 5 nitrogen and oxygen atoms in total. The minimum Gasteiger partial charge on any atom is -0.489 e. The fourth-order valence-corrected chi connectivity index (χ4v) is 3.25. The summed E-state index contributed by atoms with van der Waals surface area (Å²) in [6, 6.07) is 20.3. The van der Waals surface area contributed by atoms with Crippen LogP contribution >= 0.6 is 0 Å². The average molecular weight is 384 g/mol. The molecule has 2 heterocycles. The summed E-state index contributed by atoms with van der Waals surface area (Å²) in [4.78, 5) is 4.06. The number of nitrogen functional groups attached to an aromatic ring is 1. The first-order chi connectivity index (χ1) is 14.1. The van der Waals surface area contributed by atoms with Crippen LogP contribution in [0.1, 0.15) is 30.9 Å². The molecule has 0 unspecified atom stereocenters. The fourth-order valence-electron chi connectivity index (χ4n) is 3.25. The van der Waals surface area contributed by atoms with Crippen LogP contribution in [0.25, 0.3) is 22.4 Å². The summed E-state index contributed by atoms with van der Waals surface area (Å²) in [5.74, 6) is 1.88. The molecule has 29 heavy (non-hydrogen) atoms. The Bertz CT molecular complexity index is 1070. The van der Waals surface area contributed by atoms with Gasteiger partial charge in [0.1, 0.15) is 23.9 Å². The highest BCUT2D eigenvalue weighted by Crippen LogP contribution is 2.35. The Morgan fingerprint density at radius 3 is 2.24 bits per heavy atom. The van der Waals surface area contributed by atoms with E-state index in [4.69, 9.17) is 10.5 Å². The summed E-state index contributed by atoms with van der Waals surface area (Å²) in [6.07, 6.45) is 3.49. The van der Waals surface area contributed by atoms with Crippen LogP contribution < -0.4 is 10.5 Å². The first kappa shape index (κ1) is 18.7. The van der Waals surface area contributed by atoms with E-state index in [1.54, 1.807) is 12.4 Å². The minimum absolute atomic E-state index is 0.532. The SMILES string of the molecule is CC(C)c1ccc(COc2ccc(-c3c(-c4ccncc4)n[nH]c3N)cc2)cc1. The van der Waals surface area contributed by atoms with Gasteiger partial charge in [-0.2, -0.15) is 5.10 Å². The van der Waals surface area contributed by atoms with E-state index in [0.29, 0.717) is 18.3 Å². The lowest BCUT2D eigenvalue weighted by molar-refractivity contribution is 0.306. The molecule has 0 fully saturated rings. The number of nitrogens with zero attached hydrogens (tertiary/aromatic N) is 2. The second-order valence-corrected chi connectivity index (χ2v) is 7.31. The Morgan fingerprint density at radius 2 is 1.59 bits per heavy atom. The van der Waals surface area contributed by atoms with Crippen molar-refractivity contribution in [1.82, 2.24) is 15.2 Å². The standard InChI is InChI=1S/C24H24N4O/c1-16(2)18-5-3-17(4-6-18)15-29-21-9-7-19(8-10-21)22-23(27-28-24(22)25)20-11-13-26-14-12-20/h3-14,16H,15H2,1-2H3,(H3,25,27,28). The number of hydrogen-bond acceptors (Lipinski definition) is 4. The Hall–Kier alpha value is -3.60. The van der Waals surface area contributed by atoms with Crippen molar-refractivity contribution in [3.05, 3.63) is 84.2 Å². The molecule has 0 aliphatic heterocycles. The van der Waals surface area contributed by atoms with Gasteiger partial charge in [-0.25, -0.2) is 0 Å². The molecular formula is C24H24N4O. The van der Waals surface area contributed by atoms with Gasteiger partial charge in [-0.3, -0.25) is 10.1 Å². The van der Waals surface area contributed by atoms with E-state index >= 15 is 0 Å². The van der Waals surface area contributed by atoms with E-state index in [9.17, 15) is 0 Å². The van der Waals surface area contributed by atoms with Crippen molar-refractivity contribution in [3.63, 3.8) is 0 Å². The highest BCUT2D eigenvalue weighted by molar-refractivity contribution is 5.87. The Balaban J connectivity index is 1.50. The summed E-state index contributed by atoms with van der Waals surface area (Å²) in [5, 5.41) is 7.26. The first-order valence-corrected chi connectivity index (χ1v) is 9.68. The summed E-state index contributed by atoms with van der Waals surface area (Å²) in [6.45, 7) is 4.92. The largest absolute Gasteiger partial charge is 0.489 e. The van der Waals surface area contributed by atoms with Crippen molar-refractivity contribution >= 4 is 5.82 Å². The van der Waals surface area contributed by atoms with Crippen LogP contribution in [0.5, 0.6) is 5.75 Å². The smallest absolute Gasteiger partial charge is 0.127 e. The van der Waals surface area contributed by atoms with Gasteiger partial charge in [-0.05, 0) is 46.9 Å². The summed E-state index contributed by atoms with van der Waals surface area (Å²) in [5.41, 5.74) is 12.3. The highest BCUT2D eigenvalue weighted by Gasteiger charge is 2.15. The number of aromatic nitrogens is 3. The zero-order valence-corrected chi connectivity index (χ0v) is 16.6. The quantitative estimate of drug-likeness (QED) is 0.465. The van der Waals surface area contributed by atoms with Gasteiger partial charge in [0.15, 0.2) is 0 Å². The third-order valence-corrected chi connectivity index (χ3v) is 4.94. The third kappa shape index (κ3) is 4.14. The molecule has 0 amide bonds. The van der Waals surface area contributed by atoms with E-state index in [0.717, 1.165) is 33.7 Å². The Labute approximate surface area is 170 Å². The Morgan fingerprint density at radius 1 is 0.897 bits per heavy atom. The number of ether oxygens (including phenoxy) is 1. The molecule has 5 heteroatoms. The van der Waals surface area contributed by atoms with Gasteiger partial charge in [0.05, 0.1) is 5.56 Å². The molecule has 4 aromatic rings. The number of benzene rings is 2. The van der Waals surface area contributed by atoms with Crippen LogP contribution in [-0.4, -0.2) is 15.2 Å². The van der Waals surface area contributed by atoms with Crippen LogP contribution in [0.2, 0.25) is 0 Å². The monoisotopic (exact) mass is 384 g/mol. The number of pyridine rings is 1. The van der Waals surface area contributed by atoms with Crippen molar-refractivity contribution in [2.24, 2.45) is 0 Å². The molecule has 2 aromatic carbocycles. The Kier molecular flexibility index (Phi) is 5.29. The second kappa shape index (κ2) is 8.19. The number of nitrogens with one attached hydrogen (secondary N) is 1. The summed E-state index contributed by atoms with van der Waals surface area (Å²) >= 11 is 0. The number of H-pyrrole nitrogens is 1. The number of hydrogen-bond donors (Lipinski definition) is 2. The van der Waals surface area contributed by atoms with E-state index in [1.165, 1.54) is 5.56 Å². The topological polar surface area (TPSA) is 76.8 Å². The fraction of sp³-hybridized carbons (Fsp3) is 0.167. The lowest BCUT2D eigenvalue weighted by atomic mass is 10.0. The predicted octanol–water partition coefficient (Wildman–Crippen LogP) is 5.42. The van der Waals surface area contributed by atoms with Crippen LogP contribution in [0.4, 0.5) is 5.82 Å². The lowest BCUT2D eigenvalue weighted by Crippen LogP contribution is -1.96. The molecule has 0 spiro atoms. The van der Waals surface area contributed by atoms with Crippen LogP contribution in [0.15, 0.2) is 73.1 Å². The number of nitrogens with two attached hydrogens (primary N) is 1. The maximum Gasteiger partial charge on any atom is 0.127 e. The molecule has 0 aliphatic carbocycles. The molecule has 0 radical (unpaired) electrons. The zero-order valence-electron chi connectivity index (χ0n) is 16.6. The van der Waals surface area contributed by atoms with Crippen molar-refractivity contribution in [3.8, 4) is 28.1 Å². The molecule has 2 aromatic heterocycles. The van der Waals surface area contributed by atoms with Crippen molar-refractivity contribution in [2.75, 3.05) is 5.73 Å². The second-order valence-electron chi connectivity index (χ2n) is 7.31. The van der Waals surface area contributed by atoms with Crippen molar-refractivity contribution in [2.45, 2.75) is 26.4 Å². The first-order valence-electron chi connectivity index (χ1n) is 9.68. The van der Waals surface area contributed by atoms with E-state index in [1.807, 2.05) is 36.4 Å². The number of anilines is 1. The summed E-state index contributed by atoms with van der Waals surface area (Å²) in [7, 11) is 0. The van der Waals surface area contributed by atoms with Gasteiger partial charge < -0.3 is 10.5 Å². The normalized spacial score (nSPS) is 11.0. The van der Waals surface area contributed by atoms with Gasteiger partial charge in [-0.15, -0.1) is 0 Å². The maximum atomic E-state index is 6.15. The molecule has 4 rings (SSSR count). The van der Waals surface area contributed by atoms with Gasteiger partial charge >= 0.3 is 0 Å².